The predicted octanol–water partition coefficient (Wildman–Crippen LogP) is 1.57. The highest BCUT2D eigenvalue weighted by molar-refractivity contribution is 5.31. The second-order valence-corrected chi connectivity index (χ2v) is 3.86. The minimum absolute atomic E-state index is 0.137. The van der Waals surface area contributed by atoms with Crippen molar-refractivity contribution in [3.63, 3.8) is 0 Å². The second-order valence-electron chi connectivity index (χ2n) is 3.86. The van der Waals surface area contributed by atoms with Crippen molar-refractivity contribution < 1.29 is 0 Å². The fraction of sp³-hybridized carbons (Fsp3) is 0.545. The standard InChI is InChI=1S/C11H15NO/c1-8-7-11(13)12(2)10-6-4-3-5-9(8)10/h7H,3-6H2,1-2H3. The first-order valence-electron chi connectivity index (χ1n) is 4.88. The van der Waals surface area contributed by atoms with E-state index >= 15 is 0 Å². The van der Waals surface area contributed by atoms with Crippen molar-refractivity contribution in [2.24, 2.45) is 7.05 Å². The molecule has 0 saturated heterocycles. The average molecular weight is 177 g/mol. The summed E-state index contributed by atoms with van der Waals surface area (Å²) in [5.74, 6) is 0. The lowest BCUT2D eigenvalue weighted by atomic mass is 9.92. The lowest BCUT2D eigenvalue weighted by Gasteiger charge is -2.20. The Bertz CT molecular complexity index is 390. The van der Waals surface area contributed by atoms with Gasteiger partial charge in [0.1, 0.15) is 0 Å². The van der Waals surface area contributed by atoms with Gasteiger partial charge in [0.05, 0.1) is 0 Å². The number of nitrogens with zero attached hydrogens (tertiary/aromatic N) is 1. The molecule has 0 saturated carbocycles. The number of aromatic nitrogens is 1. The maximum absolute atomic E-state index is 11.5. The monoisotopic (exact) mass is 177 g/mol. The van der Waals surface area contributed by atoms with Gasteiger partial charge in [0, 0.05) is 18.8 Å². The smallest absolute Gasteiger partial charge is 0.250 e. The van der Waals surface area contributed by atoms with Crippen LogP contribution in [0.25, 0.3) is 0 Å². The first kappa shape index (κ1) is 8.54. The number of pyridine rings is 1. The zero-order chi connectivity index (χ0) is 9.42. The molecule has 0 atom stereocenters. The van der Waals surface area contributed by atoms with E-state index in [0.29, 0.717) is 0 Å². The van der Waals surface area contributed by atoms with Gasteiger partial charge < -0.3 is 4.57 Å². The first-order valence-corrected chi connectivity index (χ1v) is 4.88. The van der Waals surface area contributed by atoms with Gasteiger partial charge in [-0.05, 0) is 43.7 Å². The fourth-order valence-corrected chi connectivity index (χ4v) is 2.19. The molecule has 2 heteroatoms. The van der Waals surface area contributed by atoms with Gasteiger partial charge in [0.2, 0.25) is 0 Å². The van der Waals surface area contributed by atoms with Gasteiger partial charge in [-0.3, -0.25) is 4.79 Å². The molecule has 0 spiro atoms. The predicted molar refractivity (Wildman–Crippen MR) is 53.1 cm³/mol. The Labute approximate surface area is 78.2 Å². The molecule has 0 bridgehead atoms. The van der Waals surface area contributed by atoms with Crippen molar-refractivity contribution in [1.29, 1.82) is 0 Å². The summed E-state index contributed by atoms with van der Waals surface area (Å²) in [6.45, 7) is 2.05. The summed E-state index contributed by atoms with van der Waals surface area (Å²) in [7, 11) is 1.88. The number of fused-ring (bicyclic) bond motifs is 1. The van der Waals surface area contributed by atoms with Gasteiger partial charge in [-0.2, -0.15) is 0 Å². The largest absolute Gasteiger partial charge is 0.315 e. The highest BCUT2D eigenvalue weighted by atomic mass is 16.1. The Balaban J connectivity index is 2.70. The van der Waals surface area contributed by atoms with E-state index in [4.69, 9.17) is 0 Å². The quantitative estimate of drug-likeness (QED) is 0.589. The molecule has 0 fully saturated rings. The van der Waals surface area contributed by atoms with Crippen molar-refractivity contribution in [2.75, 3.05) is 0 Å². The maximum atomic E-state index is 11.5. The summed E-state index contributed by atoms with van der Waals surface area (Å²) in [5, 5.41) is 0. The van der Waals surface area contributed by atoms with Gasteiger partial charge in [0.25, 0.3) is 5.56 Å². The van der Waals surface area contributed by atoms with Gasteiger partial charge >= 0.3 is 0 Å². The molecule has 1 heterocycles. The minimum Gasteiger partial charge on any atom is -0.315 e. The molecule has 2 rings (SSSR count). The number of rotatable bonds is 0. The zero-order valence-electron chi connectivity index (χ0n) is 8.26. The Hall–Kier alpha value is -1.05. The van der Waals surface area contributed by atoms with Crippen LogP contribution in [0.5, 0.6) is 0 Å². The first-order chi connectivity index (χ1) is 6.20. The summed E-state index contributed by atoms with van der Waals surface area (Å²) >= 11 is 0. The van der Waals surface area contributed by atoms with Gasteiger partial charge in [0.15, 0.2) is 0 Å². The normalized spacial score (nSPS) is 15.5. The number of aryl methyl sites for hydroxylation is 1. The van der Waals surface area contributed by atoms with E-state index in [0.717, 1.165) is 12.8 Å². The molecule has 1 aliphatic carbocycles. The molecule has 1 aromatic heterocycles. The van der Waals surface area contributed by atoms with E-state index in [1.807, 2.05) is 18.5 Å². The van der Waals surface area contributed by atoms with Crippen LogP contribution in [0.1, 0.15) is 29.7 Å². The molecule has 1 aliphatic rings. The van der Waals surface area contributed by atoms with E-state index in [1.165, 1.54) is 29.7 Å². The Morgan fingerprint density at radius 2 is 2.00 bits per heavy atom. The van der Waals surface area contributed by atoms with E-state index in [1.54, 1.807) is 6.07 Å². The van der Waals surface area contributed by atoms with Crippen LogP contribution in [0, 0.1) is 6.92 Å². The summed E-state index contributed by atoms with van der Waals surface area (Å²) in [5.41, 5.74) is 3.99. The summed E-state index contributed by atoms with van der Waals surface area (Å²) < 4.78 is 1.81. The van der Waals surface area contributed by atoms with Crippen molar-refractivity contribution in [1.82, 2.24) is 4.57 Å². The van der Waals surface area contributed by atoms with Crippen LogP contribution in [-0.2, 0) is 19.9 Å². The van der Waals surface area contributed by atoms with Crippen LogP contribution in [0.2, 0.25) is 0 Å². The minimum atomic E-state index is 0.137. The lowest BCUT2D eigenvalue weighted by molar-refractivity contribution is 0.619. The maximum Gasteiger partial charge on any atom is 0.250 e. The third-order valence-electron chi connectivity index (χ3n) is 2.99. The molecule has 0 aliphatic heterocycles. The highest BCUT2D eigenvalue weighted by Crippen LogP contribution is 2.21. The Morgan fingerprint density at radius 3 is 2.77 bits per heavy atom. The third kappa shape index (κ3) is 1.30. The molecule has 13 heavy (non-hydrogen) atoms. The van der Waals surface area contributed by atoms with E-state index in [-0.39, 0.29) is 5.56 Å². The molecular formula is C11H15NO. The third-order valence-corrected chi connectivity index (χ3v) is 2.99. The summed E-state index contributed by atoms with van der Waals surface area (Å²) in [4.78, 5) is 11.5. The molecule has 0 aromatic carbocycles. The van der Waals surface area contributed by atoms with Gasteiger partial charge in [-0.1, -0.05) is 0 Å². The Kier molecular flexibility index (Phi) is 1.98. The zero-order valence-corrected chi connectivity index (χ0v) is 8.26. The molecule has 70 valence electrons. The van der Waals surface area contributed by atoms with Crippen molar-refractivity contribution >= 4 is 0 Å². The summed E-state index contributed by atoms with van der Waals surface area (Å²) in [6.07, 6.45) is 4.72. The molecule has 0 unspecified atom stereocenters. The second kappa shape index (κ2) is 3.02. The van der Waals surface area contributed by atoms with Crippen LogP contribution in [0.4, 0.5) is 0 Å². The van der Waals surface area contributed by atoms with Crippen molar-refractivity contribution in [3.8, 4) is 0 Å². The van der Waals surface area contributed by atoms with Gasteiger partial charge in [-0.15, -0.1) is 0 Å². The molecule has 0 N–H and O–H groups in total. The number of hydrogen-bond donors (Lipinski definition) is 0. The van der Waals surface area contributed by atoms with Crippen LogP contribution in [0.3, 0.4) is 0 Å². The van der Waals surface area contributed by atoms with E-state index < -0.39 is 0 Å². The topological polar surface area (TPSA) is 22.0 Å². The van der Waals surface area contributed by atoms with E-state index in [2.05, 4.69) is 0 Å². The average Bonchev–Trinajstić information content (AvgIpc) is 2.15. The van der Waals surface area contributed by atoms with Crippen LogP contribution < -0.4 is 5.56 Å². The molecule has 0 radical (unpaired) electrons. The molecule has 1 aromatic rings. The van der Waals surface area contributed by atoms with Crippen LogP contribution in [0.15, 0.2) is 10.9 Å². The Morgan fingerprint density at radius 1 is 1.31 bits per heavy atom. The van der Waals surface area contributed by atoms with E-state index in [9.17, 15) is 4.79 Å². The van der Waals surface area contributed by atoms with Crippen LogP contribution >= 0.6 is 0 Å². The number of hydrogen-bond acceptors (Lipinski definition) is 1. The molecule has 0 amide bonds. The SMILES string of the molecule is Cc1cc(=O)n(C)c2c1CCCC2. The molecule has 2 nitrogen and oxygen atoms in total. The fourth-order valence-electron chi connectivity index (χ4n) is 2.19. The van der Waals surface area contributed by atoms with Gasteiger partial charge in [-0.25, -0.2) is 0 Å². The molecular weight excluding hydrogens is 162 g/mol. The van der Waals surface area contributed by atoms with Crippen LogP contribution in [-0.4, -0.2) is 4.57 Å². The van der Waals surface area contributed by atoms with Crippen molar-refractivity contribution in [2.45, 2.75) is 32.6 Å². The van der Waals surface area contributed by atoms with Crippen molar-refractivity contribution in [3.05, 3.63) is 33.2 Å². The summed E-state index contributed by atoms with van der Waals surface area (Å²) in [6, 6.07) is 1.75. The lowest BCUT2D eigenvalue weighted by Crippen LogP contribution is -2.24. The highest BCUT2D eigenvalue weighted by Gasteiger charge is 2.14.